The lowest BCUT2D eigenvalue weighted by atomic mass is 10.1. The van der Waals surface area contributed by atoms with E-state index >= 15 is 0 Å². The molecule has 0 atom stereocenters. The van der Waals surface area contributed by atoms with E-state index in [0.29, 0.717) is 24.7 Å². The minimum Gasteiger partial charge on any atom is -0.497 e. The number of nitrogens with one attached hydrogen (secondary N) is 2. The van der Waals surface area contributed by atoms with Gasteiger partial charge in [-0.15, -0.1) is 0 Å². The number of rotatable bonds is 8. The number of anilines is 2. The molecule has 1 aliphatic rings. The molecule has 3 heterocycles. The van der Waals surface area contributed by atoms with Gasteiger partial charge in [-0.25, -0.2) is 4.98 Å². The second-order valence-corrected chi connectivity index (χ2v) is 7.84. The van der Waals surface area contributed by atoms with E-state index in [4.69, 9.17) is 4.74 Å². The third-order valence-electron chi connectivity index (χ3n) is 5.44. The summed E-state index contributed by atoms with van der Waals surface area (Å²) in [7, 11) is 3.39. The lowest BCUT2D eigenvalue weighted by molar-refractivity contribution is 0.0945. The number of hydrogen-bond acceptors (Lipinski definition) is 7. The molecule has 32 heavy (non-hydrogen) atoms. The van der Waals surface area contributed by atoms with Crippen LogP contribution in [0.2, 0.25) is 0 Å². The van der Waals surface area contributed by atoms with Crippen LogP contribution in [0.25, 0.3) is 11.3 Å². The zero-order valence-corrected chi connectivity index (χ0v) is 18.8. The molecule has 9 heteroatoms. The van der Waals surface area contributed by atoms with Gasteiger partial charge in [-0.2, -0.15) is 10.1 Å². The molecule has 2 aromatic heterocycles. The fraction of sp³-hybridized carbons (Fsp3) is 0.391. The first-order valence-electron chi connectivity index (χ1n) is 10.8. The van der Waals surface area contributed by atoms with Gasteiger partial charge in [0, 0.05) is 50.6 Å². The molecule has 1 amide bonds. The predicted molar refractivity (Wildman–Crippen MR) is 124 cm³/mol. The fourth-order valence-electron chi connectivity index (χ4n) is 3.78. The van der Waals surface area contributed by atoms with Crippen LogP contribution < -0.4 is 20.3 Å². The molecule has 0 saturated carbocycles. The van der Waals surface area contributed by atoms with E-state index in [2.05, 4.69) is 30.6 Å². The Kier molecular flexibility index (Phi) is 6.53. The first-order valence-corrected chi connectivity index (χ1v) is 10.8. The molecule has 168 valence electrons. The number of carbonyl (C=O) groups excluding carboxylic acids is 1. The van der Waals surface area contributed by atoms with Crippen LogP contribution in [0.3, 0.4) is 0 Å². The van der Waals surface area contributed by atoms with Gasteiger partial charge < -0.3 is 20.3 Å². The highest BCUT2D eigenvalue weighted by atomic mass is 16.5. The van der Waals surface area contributed by atoms with E-state index in [-0.39, 0.29) is 5.91 Å². The first kappa shape index (κ1) is 21.6. The average molecular weight is 436 g/mol. The Hall–Kier alpha value is -3.62. The number of carbonyl (C=O) groups is 1. The summed E-state index contributed by atoms with van der Waals surface area (Å²) in [4.78, 5) is 24.0. The highest BCUT2D eigenvalue weighted by Gasteiger charge is 2.16. The Morgan fingerprint density at radius 1 is 1.12 bits per heavy atom. The van der Waals surface area contributed by atoms with Crippen molar-refractivity contribution < 1.29 is 9.53 Å². The van der Waals surface area contributed by atoms with Crippen molar-refractivity contribution >= 4 is 17.7 Å². The quantitative estimate of drug-likeness (QED) is 0.525. The van der Waals surface area contributed by atoms with Crippen LogP contribution in [0.4, 0.5) is 11.8 Å². The Balaban J connectivity index is 1.33. The van der Waals surface area contributed by atoms with Crippen molar-refractivity contribution in [3.8, 4) is 17.0 Å². The number of benzene rings is 1. The summed E-state index contributed by atoms with van der Waals surface area (Å²) >= 11 is 0. The molecule has 1 aliphatic heterocycles. The van der Waals surface area contributed by atoms with E-state index in [1.54, 1.807) is 24.9 Å². The molecule has 0 spiro atoms. The monoisotopic (exact) mass is 435 g/mol. The van der Waals surface area contributed by atoms with Gasteiger partial charge in [0.1, 0.15) is 17.3 Å². The average Bonchev–Trinajstić information content (AvgIpc) is 3.46. The largest absolute Gasteiger partial charge is 0.497 e. The number of aryl methyl sites for hydroxylation is 2. The van der Waals surface area contributed by atoms with Gasteiger partial charge in [0.05, 0.1) is 12.8 Å². The van der Waals surface area contributed by atoms with Gasteiger partial charge in [0.15, 0.2) is 0 Å². The standard InChI is InChI=1S/C23H29N7O2/c1-16-13-21(30-11-4-5-12-30)27-23(26-16)25-10-9-24-22(31)20-15-19(28-29(20)2)17-7-6-8-18(14-17)32-3/h6-8,13-15H,4-5,9-12H2,1-3H3,(H,24,31)(H,25,26,27). The van der Waals surface area contributed by atoms with E-state index in [0.717, 1.165) is 41.6 Å². The van der Waals surface area contributed by atoms with Gasteiger partial charge in [0.25, 0.3) is 5.91 Å². The summed E-state index contributed by atoms with van der Waals surface area (Å²) < 4.78 is 6.86. The molecule has 0 bridgehead atoms. The lowest BCUT2D eigenvalue weighted by Gasteiger charge is -2.17. The van der Waals surface area contributed by atoms with Crippen LogP contribution in [0.1, 0.15) is 29.0 Å². The van der Waals surface area contributed by atoms with Gasteiger partial charge >= 0.3 is 0 Å². The number of amides is 1. The SMILES string of the molecule is COc1cccc(-c2cc(C(=O)NCCNc3nc(C)cc(N4CCCC4)n3)n(C)n2)c1. The van der Waals surface area contributed by atoms with Crippen molar-refractivity contribution in [3.63, 3.8) is 0 Å². The topological polar surface area (TPSA) is 97.2 Å². The maximum Gasteiger partial charge on any atom is 0.269 e. The van der Waals surface area contributed by atoms with Crippen molar-refractivity contribution in [2.45, 2.75) is 19.8 Å². The van der Waals surface area contributed by atoms with E-state index in [1.807, 2.05) is 37.3 Å². The highest BCUT2D eigenvalue weighted by Crippen LogP contribution is 2.23. The maximum atomic E-state index is 12.7. The van der Waals surface area contributed by atoms with E-state index < -0.39 is 0 Å². The van der Waals surface area contributed by atoms with Crippen LogP contribution in [0, 0.1) is 6.92 Å². The van der Waals surface area contributed by atoms with Crippen LogP contribution in [0.15, 0.2) is 36.4 Å². The lowest BCUT2D eigenvalue weighted by Crippen LogP contribution is -2.30. The molecular weight excluding hydrogens is 406 g/mol. The summed E-state index contributed by atoms with van der Waals surface area (Å²) in [5.41, 5.74) is 3.03. The van der Waals surface area contributed by atoms with Gasteiger partial charge in [-0.1, -0.05) is 12.1 Å². The molecule has 1 aromatic carbocycles. The summed E-state index contributed by atoms with van der Waals surface area (Å²) in [6.45, 7) is 5.00. The zero-order valence-electron chi connectivity index (χ0n) is 18.8. The van der Waals surface area contributed by atoms with E-state index in [9.17, 15) is 4.79 Å². The molecule has 0 aliphatic carbocycles. The normalized spacial score (nSPS) is 13.3. The summed E-state index contributed by atoms with van der Waals surface area (Å²) in [6, 6.07) is 11.4. The molecule has 1 saturated heterocycles. The highest BCUT2D eigenvalue weighted by molar-refractivity contribution is 5.93. The number of hydrogen-bond donors (Lipinski definition) is 2. The van der Waals surface area contributed by atoms with Crippen LogP contribution in [-0.2, 0) is 7.05 Å². The van der Waals surface area contributed by atoms with Crippen LogP contribution >= 0.6 is 0 Å². The molecule has 1 fully saturated rings. The van der Waals surface area contributed by atoms with Crippen molar-refractivity contribution in [2.75, 3.05) is 43.5 Å². The zero-order chi connectivity index (χ0) is 22.5. The van der Waals surface area contributed by atoms with Gasteiger partial charge in [-0.05, 0) is 38.0 Å². The van der Waals surface area contributed by atoms with Crippen LogP contribution in [-0.4, -0.2) is 58.9 Å². The first-order chi connectivity index (χ1) is 15.5. The van der Waals surface area contributed by atoms with E-state index in [1.165, 1.54) is 12.8 Å². The summed E-state index contributed by atoms with van der Waals surface area (Å²) in [5, 5.41) is 10.6. The number of methoxy groups -OCH3 is 1. The second kappa shape index (κ2) is 9.67. The molecule has 3 aromatic rings. The van der Waals surface area contributed by atoms with Crippen molar-refractivity contribution in [2.24, 2.45) is 7.05 Å². The molecule has 9 nitrogen and oxygen atoms in total. The van der Waals surface area contributed by atoms with Gasteiger partial charge in [-0.3, -0.25) is 9.48 Å². The Bertz CT molecular complexity index is 1090. The third-order valence-corrected chi connectivity index (χ3v) is 5.44. The Morgan fingerprint density at radius 3 is 2.72 bits per heavy atom. The molecule has 2 N–H and O–H groups in total. The van der Waals surface area contributed by atoms with Gasteiger partial charge in [0.2, 0.25) is 5.95 Å². The minimum absolute atomic E-state index is 0.182. The van der Waals surface area contributed by atoms with Crippen molar-refractivity contribution in [1.29, 1.82) is 0 Å². The predicted octanol–water partition coefficient (Wildman–Crippen LogP) is 2.64. The summed E-state index contributed by atoms with van der Waals surface area (Å²) in [6.07, 6.45) is 2.40. The minimum atomic E-state index is -0.182. The second-order valence-electron chi connectivity index (χ2n) is 7.84. The summed E-state index contributed by atoms with van der Waals surface area (Å²) in [5.74, 6) is 2.11. The number of nitrogens with zero attached hydrogens (tertiary/aromatic N) is 5. The number of aromatic nitrogens is 4. The molecule has 4 rings (SSSR count). The Labute approximate surface area is 187 Å². The Morgan fingerprint density at radius 2 is 1.94 bits per heavy atom. The molecule has 0 unspecified atom stereocenters. The fourth-order valence-corrected chi connectivity index (χ4v) is 3.78. The van der Waals surface area contributed by atoms with Crippen LogP contribution in [0.5, 0.6) is 5.75 Å². The maximum absolute atomic E-state index is 12.7. The molecule has 0 radical (unpaired) electrons. The smallest absolute Gasteiger partial charge is 0.269 e. The van der Waals surface area contributed by atoms with Crippen molar-refractivity contribution in [1.82, 2.24) is 25.1 Å². The molecular formula is C23H29N7O2. The number of ether oxygens (including phenoxy) is 1. The third kappa shape index (κ3) is 4.99. The van der Waals surface area contributed by atoms with Crippen molar-refractivity contribution in [3.05, 3.63) is 47.8 Å².